The lowest BCUT2D eigenvalue weighted by atomic mass is 9.85. The number of likely N-dealkylation sites (N-methyl/N-ethyl adjacent to an activating group) is 1. The van der Waals surface area contributed by atoms with Crippen molar-refractivity contribution in [3.05, 3.63) is 0 Å². The lowest BCUT2D eigenvalue weighted by Gasteiger charge is -2.34. The van der Waals surface area contributed by atoms with E-state index in [4.69, 9.17) is 5.84 Å². The van der Waals surface area contributed by atoms with Crippen LogP contribution < -0.4 is 5.84 Å². The Morgan fingerprint density at radius 1 is 1.33 bits per heavy atom. The fraction of sp³-hybridized carbons (Fsp3) is 0.923. The molecule has 0 atom stereocenters. The monoisotopic (exact) mass is 254 g/mol. The molecule has 1 saturated heterocycles. The Morgan fingerprint density at radius 3 is 2.50 bits per heavy atom. The molecule has 2 N–H and O–H groups in total. The van der Waals surface area contributed by atoms with E-state index in [0.29, 0.717) is 18.5 Å². The molecule has 0 aromatic rings. The number of carbonyl (C=O) groups excluding carboxylic acids is 1. The van der Waals surface area contributed by atoms with Crippen molar-refractivity contribution in [2.45, 2.75) is 38.6 Å². The third-order valence-electron chi connectivity index (χ3n) is 4.30. The quantitative estimate of drug-likeness (QED) is 0.585. The van der Waals surface area contributed by atoms with Crippen molar-refractivity contribution < 1.29 is 4.79 Å². The highest BCUT2D eigenvalue weighted by atomic mass is 16.2. The van der Waals surface area contributed by atoms with E-state index < -0.39 is 0 Å². The van der Waals surface area contributed by atoms with Crippen LogP contribution in [0.5, 0.6) is 0 Å². The Hall–Kier alpha value is -0.650. The van der Waals surface area contributed by atoms with Crippen molar-refractivity contribution >= 4 is 5.91 Å². The van der Waals surface area contributed by atoms with Crippen molar-refractivity contribution in [2.24, 2.45) is 11.8 Å². The number of hydrogen-bond acceptors (Lipinski definition) is 4. The second-order valence-electron chi connectivity index (χ2n) is 5.75. The molecule has 0 unspecified atom stereocenters. The highest BCUT2D eigenvalue weighted by molar-refractivity contribution is 5.80. The Labute approximate surface area is 110 Å². The number of nitrogens with two attached hydrogens (primary N) is 1. The molecular weight excluding hydrogens is 228 g/mol. The van der Waals surface area contributed by atoms with Crippen LogP contribution in [0.2, 0.25) is 0 Å². The summed E-state index contributed by atoms with van der Waals surface area (Å²) in [6.07, 6.45) is 4.90. The first kappa shape index (κ1) is 13.8. The van der Waals surface area contributed by atoms with Gasteiger partial charge in [0.05, 0.1) is 13.2 Å². The van der Waals surface area contributed by atoms with Gasteiger partial charge in [0, 0.05) is 26.2 Å². The third-order valence-corrected chi connectivity index (χ3v) is 4.30. The third kappa shape index (κ3) is 3.22. The molecule has 104 valence electrons. The summed E-state index contributed by atoms with van der Waals surface area (Å²) in [6, 6.07) is 0.602. The highest BCUT2D eigenvalue weighted by Gasteiger charge is 2.33. The zero-order valence-electron chi connectivity index (χ0n) is 11.6. The number of nitrogens with zero attached hydrogens (tertiary/aromatic N) is 3. The van der Waals surface area contributed by atoms with E-state index in [-0.39, 0.29) is 0 Å². The summed E-state index contributed by atoms with van der Waals surface area (Å²) in [5.74, 6) is 6.73. The summed E-state index contributed by atoms with van der Waals surface area (Å²) >= 11 is 0. The van der Waals surface area contributed by atoms with E-state index in [2.05, 4.69) is 11.8 Å². The van der Waals surface area contributed by atoms with Crippen molar-refractivity contribution in [1.29, 1.82) is 0 Å². The van der Waals surface area contributed by atoms with E-state index >= 15 is 0 Å². The first-order chi connectivity index (χ1) is 8.60. The molecule has 1 aliphatic carbocycles. The van der Waals surface area contributed by atoms with E-state index in [0.717, 1.165) is 25.7 Å². The van der Waals surface area contributed by atoms with Gasteiger partial charge < -0.3 is 4.90 Å². The summed E-state index contributed by atoms with van der Waals surface area (Å²) in [5.41, 5.74) is 0. The molecule has 1 amide bonds. The van der Waals surface area contributed by atoms with Gasteiger partial charge in [0.15, 0.2) is 0 Å². The van der Waals surface area contributed by atoms with Crippen LogP contribution >= 0.6 is 0 Å². The zero-order chi connectivity index (χ0) is 13.1. The normalized spacial score (nSPS) is 30.4. The largest absolute Gasteiger partial charge is 0.329 e. The van der Waals surface area contributed by atoms with E-state index in [1.54, 1.807) is 5.01 Å². The minimum Gasteiger partial charge on any atom is -0.329 e. The van der Waals surface area contributed by atoms with Crippen LogP contribution in [-0.2, 0) is 4.79 Å². The number of carbonyl (C=O) groups is 1. The van der Waals surface area contributed by atoms with Gasteiger partial charge in [0.25, 0.3) is 0 Å². The molecule has 1 aliphatic heterocycles. The Bertz CT molecular complexity index is 287. The maximum Gasteiger partial charge on any atom is 0.237 e. The number of amides is 1. The summed E-state index contributed by atoms with van der Waals surface area (Å²) in [7, 11) is 1.93. The highest BCUT2D eigenvalue weighted by Crippen LogP contribution is 2.29. The molecule has 1 heterocycles. The fourth-order valence-corrected chi connectivity index (χ4v) is 3.24. The minimum atomic E-state index is 0.293. The predicted octanol–water partition coefficient (Wildman–Crippen LogP) is 0.472. The molecule has 0 bridgehead atoms. The Kier molecular flexibility index (Phi) is 4.59. The van der Waals surface area contributed by atoms with Crippen molar-refractivity contribution in [2.75, 3.05) is 33.4 Å². The number of rotatable bonds is 4. The molecule has 0 spiro atoms. The van der Waals surface area contributed by atoms with Gasteiger partial charge >= 0.3 is 0 Å². The van der Waals surface area contributed by atoms with E-state index in [1.807, 2.05) is 11.9 Å². The molecule has 0 aromatic carbocycles. The van der Waals surface area contributed by atoms with Gasteiger partial charge in [-0.05, 0) is 38.5 Å². The summed E-state index contributed by atoms with van der Waals surface area (Å²) in [4.78, 5) is 16.0. The van der Waals surface area contributed by atoms with Crippen molar-refractivity contribution in [1.82, 2.24) is 14.8 Å². The fourth-order valence-electron chi connectivity index (χ4n) is 3.24. The second kappa shape index (κ2) is 5.99. The van der Waals surface area contributed by atoms with Crippen LogP contribution in [-0.4, -0.2) is 60.1 Å². The maximum absolute atomic E-state index is 11.7. The van der Waals surface area contributed by atoms with Crippen LogP contribution in [0.1, 0.15) is 32.6 Å². The molecule has 1 saturated carbocycles. The first-order valence-electron chi connectivity index (χ1n) is 7.07. The van der Waals surface area contributed by atoms with E-state index in [9.17, 15) is 4.79 Å². The van der Waals surface area contributed by atoms with Crippen molar-refractivity contribution in [3.8, 4) is 0 Å². The summed E-state index contributed by atoms with van der Waals surface area (Å²) in [5, 5.41) is 1.79. The van der Waals surface area contributed by atoms with Gasteiger partial charge in [0.1, 0.15) is 0 Å². The Morgan fingerprint density at radius 2 is 2.00 bits per heavy atom. The van der Waals surface area contributed by atoms with Gasteiger partial charge in [0.2, 0.25) is 5.91 Å². The van der Waals surface area contributed by atoms with Gasteiger partial charge in [-0.3, -0.25) is 15.5 Å². The summed E-state index contributed by atoms with van der Waals surface area (Å²) < 4.78 is 0. The van der Waals surface area contributed by atoms with Crippen LogP contribution in [0.15, 0.2) is 0 Å². The second-order valence-corrected chi connectivity index (χ2v) is 5.75. The topological polar surface area (TPSA) is 52.8 Å². The maximum atomic E-state index is 11.7. The lowest BCUT2D eigenvalue weighted by molar-refractivity contribution is -0.126. The standard InChI is InChI=1S/C13H26N4O/c1-3-16-10-17(9-13(16)18)12-6-4-11(5-7-12)8-15(2)14/h11-12H,3-10,14H2,1-2H3. The van der Waals surface area contributed by atoms with Gasteiger partial charge in [-0.15, -0.1) is 0 Å². The van der Waals surface area contributed by atoms with Crippen LogP contribution in [0, 0.1) is 5.92 Å². The van der Waals surface area contributed by atoms with Gasteiger partial charge in [-0.25, -0.2) is 5.01 Å². The Balaban J connectivity index is 1.78. The lowest BCUT2D eigenvalue weighted by Crippen LogP contribution is -2.40. The molecule has 5 nitrogen and oxygen atoms in total. The first-order valence-corrected chi connectivity index (χ1v) is 7.07. The molecular formula is C13H26N4O. The molecule has 2 aliphatic rings. The van der Waals surface area contributed by atoms with Crippen LogP contribution in [0.4, 0.5) is 0 Å². The molecule has 0 aromatic heterocycles. The molecule has 2 fully saturated rings. The smallest absolute Gasteiger partial charge is 0.237 e. The minimum absolute atomic E-state index is 0.293. The average Bonchev–Trinajstić information content (AvgIpc) is 2.71. The van der Waals surface area contributed by atoms with Crippen molar-refractivity contribution in [3.63, 3.8) is 0 Å². The molecule has 18 heavy (non-hydrogen) atoms. The van der Waals surface area contributed by atoms with Gasteiger partial charge in [-0.1, -0.05) is 0 Å². The average molecular weight is 254 g/mol. The number of hydrazine groups is 1. The SMILES string of the molecule is CCN1CN(C2CCC(CN(C)N)CC2)CC1=O. The predicted molar refractivity (Wildman–Crippen MR) is 71.5 cm³/mol. The zero-order valence-corrected chi connectivity index (χ0v) is 11.6. The van der Waals surface area contributed by atoms with Gasteiger partial charge in [-0.2, -0.15) is 0 Å². The molecule has 0 radical (unpaired) electrons. The summed E-state index contributed by atoms with van der Waals surface area (Å²) in [6.45, 7) is 5.34. The van der Waals surface area contributed by atoms with E-state index in [1.165, 1.54) is 25.7 Å². The number of hydrogen-bond donors (Lipinski definition) is 1. The molecule has 2 rings (SSSR count). The molecule has 5 heteroatoms. The van der Waals surface area contributed by atoms with Crippen LogP contribution in [0.3, 0.4) is 0 Å². The van der Waals surface area contributed by atoms with Crippen LogP contribution in [0.25, 0.3) is 0 Å².